The van der Waals surface area contributed by atoms with Crippen molar-refractivity contribution >= 4 is 27.6 Å². The van der Waals surface area contributed by atoms with Crippen molar-refractivity contribution in [3.63, 3.8) is 0 Å². The zero-order valence-corrected chi connectivity index (χ0v) is 13.2. The van der Waals surface area contributed by atoms with Crippen LogP contribution in [0.15, 0.2) is 22.7 Å². The summed E-state index contributed by atoms with van der Waals surface area (Å²) in [5.41, 5.74) is 0.566. The van der Waals surface area contributed by atoms with Crippen molar-refractivity contribution in [3.05, 3.63) is 38.3 Å². The molecule has 6 nitrogen and oxygen atoms in total. The van der Waals surface area contributed by atoms with Crippen LogP contribution in [0.5, 0.6) is 0 Å². The first-order chi connectivity index (χ1) is 9.88. The van der Waals surface area contributed by atoms with E-state index in [1.807, 2.05) is 11.8 Å². The number of carboxylic acid groups (broad SMARTS) is 1. The second kappa shape index (κ2) is 6.53. The van der Waals surface area contributed by atoms with E-state index >= 15 is 0 Å². The lowest BCUT2D eigenvalue weighted by molar-refractivity contribution is -0.385. The van der Waals surface area contributed by atoms with Crippen LogP contribution in [-0.4, -0.2) is 33.5 Å². The van der Waals surface area contributed by atoms with Gasteiger partial charge in [-0.3, -0.25) is 19.8 Å². The van der Waals surface area contributed by atoms with Crippen LogP contribution in [0.1, 0.15) is 25.3 Å². The average Bonchev–Trinajstić information content (AvgIpc) is 2.42. The third kappa shape index (κ3) is 3.79. The number of nitro benzene ring substituents is 1. The van der Waals surface area contributed by atoms with Crippen LogP contribution in [0.3, 0.4) is 0 Å². The lowest BCUT2D eigenvalue weighted by Gasteiger charge is -2.35. The lowest BCUT2D eigenvalue weighted by Crippen LogP contribution is -2.46. The molecule has 1 fully saturated rings. The van der Waals surface area contributed by atoms with Crippen LogP contribution in [0, 0.1) is 16.0 Å². The van der Waals surface area contributed by atoms with E-state index in [0.29, 0.717) is 28.9 Å². The van der Waals surface area contributed by atoms with Crippen LogP contribution in [-0.2, 0) is 11.3 Å². The van der Waals surface area contributed by atoms with E-state index in [1.165, 1.54) is 6.07 Å². The Morgan fingerprint density at radius 3 is 2.90 bits per heavy atom. The molecule has 0 bridgehead atoms. The monoisotopic (exact) mass is 356 g/mol. The van der Waals surface area contributed by atoms with Gasteiger partial charge >= 0.3 is 5.97 Å². The van der Waals surface area contributed by atoms with E-state index in [9.17, 15) is 20.0 Å². The van der Waals surface area contributed by atoms with Gasteiger partial charge in [-0.25, -0.2) is 0 Å². The Balaban J connectivity index is 2.24. The third-order valence-electron chi connectivity index (χ3n) is 3.88. The van der Waals surface area contributed by atoms with Crippen molar-refractivity contribution in [2.24, 2.45) is 5.92 Å². The molecular weight excluding hydrogens is 340 g/mol. The molecule has 0 amide bonds. The van der Waals surface area contributed by atoms with Crippen molar-refractivity contribution in [2.75, 3.05) is 6.54 Å². The number of halogens is 1. The van der Waals surface area contributed by atoms with Crippen molar-refractivity contribution in [1.29, 1.82) is 0 Å². The fraction of sp³-hybridized carbons (Fsp3) is 0.500. The maximum absolute atomic E-state index is 11.4. The largest absolute Gasteiger partial charge is 0.480 e. The highest BCUT2D eigenvalue weighted by Gasteiger charge is 2.32. The first kappa shape index (κ1) is 15.9. The molecule has 1 aliphatic rings. The Labute approximate surface area is 131 Å². The van der Waals surface area contributed by atoms with Gasteiger partial charge in [-0.05, 0) is 37.4 Å². The number of carboxylic acids is 1. The highest BCUT2D eigenvalue weighted by atomic mass is 79.9. The standard InChI is InChI=1S/C14H17BrN2O4/c1-9-4-5-16(13(6-9)14(18)19)8-10-2-3-11(15)7-12(10)17(20)21/h2-3,7,9,13H,4-6,8H2,1H3,(H,18,19). The fourth-order valence-electron chi connectivity index (χ4n) is 2.70. The van der Waals surface area contributed by atoms with Crippen molar-refractivity contribution in [3.8, 4) is 0 Å². The molecule has 2 rings (SSSR count). The lowest BCUT2D eigenvalue weighted by atomic mass is 9.92. The number of hydrogen-bond donors (Lipinski definition) is 1. The maximum atomic E-state index is 11.4. The zero-order chi connectivity index (χ0) is 15.6. The second-order valence-corrected chi connectivity index (χ2v) is 6.40. The summed E-state index contributed by atoms with van der Waals surface area (Å²) in [4.78, 5) is 23.9. The highest BCUT2D eigenvalue weighted by Crippen LogP contribution is 2.29. The molecule has 1 aliphatic heterocycles. The van der Waals surface area contributed by atoms with Gasteiger partial charge in [0.2, 0.25) is 0 Å². The minimum Gasteiger partial charge on any atom is -0.480 e. The summed E-state index contributed by atoms with van der Waals surface area (Å²) in [6.07, 6.45) is 1.49. The number of carbonyl (C=O) groups is 1. The number of nitro groups is 1. The molecule has 1 heterocycles. The van der Waals surface area contributed by atoms with E-state index < -0.39 is 16.9 Å². The minimum absolute atomic E-state index is 0.0205. The smallest absolute Gasteiger partial charge is 0.320 e. The fourth-order valence-corrected chi connectivity index (χ4v) is 3.04. The minimum atomic E-state index is -0.860. The Morgan fingerprint density at radius 2 is 2.29 bits per heavy atom. The average molecular weight is 357 g/mol. The Morgan fingerprint density at radius 1 is 1.57 bits per heavy atom. The van der Waals surface area contributed by atoms with Gasteiger partial charge in [-0.1, -0.05) is 22.9 Å². The Bertz CT molecular complexity index is 564. The number of hydrogen-bond acceptors (Lipinski definition) is 4. The van der Waals surface area contributed by atoms with Crippen LogP contribution < -0.4 is 0 Å². The number of likely N-dealkylation sites (tertiary alicyclic amines) is 1. The van der Waals surface area contributed by atoms with E-state index in [0.717, 1.165) is 6.42 Å². The van der Waals surface area contributed by atoms with Crippen LogP contribution >= 0.6 is 15.9 Å². The Hall–Kier alpha value is -1.47. The van der Waals surface area contributed by atoms with Crippen LogP contribution in [0.25, 0.3) is 0 Å². The molecule has 21 heavy (non-hydrogen) atoms. The molecule has 114 valence electrons. The quantitative estimate of drug-likeness (QED) is 0.661. The predicted octanol–water partition coefficient (Wildman–Crippen LogP) is 3.04. The molecule has 2 unspecified atom stereocenters. The molecule has 0 aliphatic carbocycles. The number of nitrogens with zero attached hydrogens (tertiary/aromatic N) is 2. The summed E-state index contributed by atoms with van der Waals surface area (Å²) < 4.78 is 0.639. The summed E-state index contributed by atoms with van der Waals surface area (Å²) in [6, 6.07) is 4.30. The first-order valence-corrected chi connectivity index (χ1v) is 7.57. The van der Waals surface area contributed by atoms with Gasteiger partial charge in [-0.2, -0.15) is 0 Å². The number of aliphatic carboxylic acids is 1. The van der Waals surface area contributed by atoms with E-state index in [4.69, 9.17) is 0 Å². The number of rotatable bonds is 4. The van der Waals surface area contributed by atoms with Gasteiger partial charge in [0.05, 0.1) is 4.92 Å². The van der Waals surface area contributed by atoms with Gasteiger partial charge < -0.3 is 5.11 Å². The molecule has 0 aromatic heterocycles. The van der Waals surface area contributed by atoms with E-state index in [1.54, 1.807) is 12.1 Å². The molecule has 7 heteroatoms. The van der Waals surface area contributed by atoms with Crippen molar-refractivity contribution in [2.45, 2.75) is 32.4 Å². The topological polar surface area (TPSA) is 83.7 Å². The zero-order valence-electron chi connectivity index (χ0n) is 11.7. The van der Waals surface area contributed by atoms with Gasteiger partial charge in [0.25, 0.3) is 5.69 Å². The number of piperidine rings is 1. The summed E-state index contributed by atoms with van der Waals surface area (Å²) in [7, 11) is 0. The summed E-state index contributed by atoms with van der Waals surface area (Å²) in [5.74, 6) is -0.497. The maximum Gasteiger partial charge on any atom is 0.320 e. The Kier molecular flexibility index (Phi) is 4.95. The second-order valence-electron chi connectivity index (χ2n) is 5.48. The molecular formula is C14H17BrN2O4. The molecule has 0 saturated carbocycles. The van der Waals surface area contributed by atoms with Gasteiger partial charge in [-0.15, -0.1) is 0 Å². The van der Waals surface area contributed by atoms with E-state index in [2.05, 4.69) is 15.9 Å². The molecule has 1 aromatic rings. The van der Waals surface area contributed by atoms with Crippen molar-refractivity contribution in [1.82, 2.24) is 4.90 Å². The van der Waals surface area contributed by atoms with Crippen LogP contribution in [0.4, 0.5) is 5.69 Å². The summed E-state index contributed by atoms with van der Waals surface area (Å²) >= 11 is 3.22. The molecule has 0 radical (unpaired) electrons. The van der Waals surface area contributed by atoms with Crippen molar-refractivity contribution < 1.29 is 14.8 Å². The van der Waals surface area contributed by atoms with E-state index in [-0.39, 0.29) is 12.2 Å². The molecule has 0 spiro atoms. The first-order valence-electron chi connectivity index (χ1n) is 6.78. The normalized spacial score (nSPS) is 23.0. The highest BCUT2D eigenvalue weighted by molar-refractivity contribution is 9.10. The summed E-state index contributed by atoms with van der Waals surface area (Å²) in [6.45, 7) is 2.97. The third-order valence-corrected chi connectivity index (χ3v) is 4.37. The summed E-state index contributed by atoms with van der Waals surface area (Å²) in [5, 5.41) is 20.5. The van der Waals surface area contributed by atoms with Gasteiger partial charge in [0.15, 0.2) is 0 Å². The molecule has 1 aromatic carbocycles. The van der Waals surface area contributed by atoms with Gasteiger partial charge in [0, 0.05) is 22.6 Å². The van der Waals surface area contributed by atoms with Gasteiger partial charge in [0.1, 0.15) is 6.04 Å². The molecule has 2 atom stereocenters. The van der Waals surface area contributed by atoms with Crippen LogP contribution in [0.2, 0.25) is 0 Å². The predicted molar refractivity (Wildman–Crippen MR) is 81.0 cm³/mol. The molecule has 1 saturated heterocycles. The SMILES string of the molecule is CC1CCN(Cc2ccc(Br)cc2[N+](=O)[O-])C(C(=O)O)C1. The number of benzene rings is 1. The molecule has 1 N–H and O–H groups in total.